The molecule has 4 rings (SSSR count). The molecule has 0 bridgehead atoms. The molecule has 0 aromatic heterocycles. The largest absolute Gasteiger partial charge is 0.450 e. The van der Waals surface area contributed by atoms with Gasteiger partial charge in [0, 0.05) is 6.07 Å². The highest BCUT2D eigenvalue weighted by molar-refractivity contribution is 8.18. The van der Waals surface area contributed by atoms with Gasteiger partial charge < -0.3 is 4.74 Å². The third-order valence-electron chi connectivity index (χ3n) is 4.81. The van der Waals surface area contributed by atoms with Gasteiger partial charge in [0.15, 0.2) is 0 Å². The van der Waals surface area contributed by atoms with Crippen LogP contribution in [0.1, 0.15) is 11.1 Å². The standard InChI is InChI=1S/C23H15N3O7S/c27-22-21(34-23(28)24(22)14-16-4-2-1-3-5-16)12-15-6-9-18(10-7-15)33-20-11-8-17(25(29)30)13-19(20)26(31)32/h1-13H,14H2/b21-12+. The van der Waals surface area contributed by atoms with Gasteiger partial charge in [-0.2, -0.15) is 0 Å². The average molecular weight is 477 g/mol. The summed E-state index contributed by atoms with van der Waals surface area (Å²) in [5.41, 5.74) is 0.504. The summed E-state index contributed by atoms with van der Waals surface area (Å²) in [5.74, 6) is -0.280. The summed E-state index contributed by atoms with van der Waals surface area (Å²) in [7, 11) is 0. The van der Waals surface area contributed by atoms with Gasteiger partial charge in [-0.15, -0.1) is 0 Å². The van der Waals surface area contributed by atoms with Crippen molar-refractivity contribution < 1.29 is 24.2 Å². The van der Waals surface area contributed by atoms with Crippen molar-refractivity contribution in [3.8, 4) is 11.5 Å². The maximum Gasteiger partial charge on any atom is 0.318 e. The molecule has 3 aromatic carbocycles. The number of carbonyl (C=O) groups is 2. The molecule has 0 spiro atoms. The van der Waals surface area contributed by atoms with E-state index in [0.29, 0.717) is 5.56 Å². The Bertz CT molecular complexity index is 1320. The molecule has 0 radical (unpaired) electrons. The zero-order chi connectivity index (χ0) is 24.2. The number of hydrogen-bond donors (Lipinski definition) is 0. The zero-order valence-electron chi connectivity index (χ0n) is 17.3. The van der Waals surface area contributed by atoms with E-state index in [9.17, 15) is 29.8 Å². The molecule has 11 heteroatoms. The van der Waals surface area contributed by atoms with E-state index in [1.54, 1.807) is 18.2 Å². The highest BCUT2D eigenvalue weighted by Crippen LogP contribution is 2.36. The molecule has 0 aliphatic carbocycles. The summed E-state index contributed by atoms with van der Waals surface area (Å²) in [6, 6.07) is 18.6. The van der Waals surface area contributed by atoms with Gasteiger partial charge in [0.1, 0.15) is 5.75 Å². The van der Waals surface area contributed by atoms with Crippen molar-refractivity contribution in [2.24, 2.45) is 0 Å². The number of nitro groups is 2. The number of carbonyl (C=O) groups excluding carboxylic acids is 2. The lowest BCUT2D eigenvalue weighted by Crippen LogP contribution is -2.27. The van der Waals surface area contributed by atoms with Crippen LogP contribution >= 0.6 is 11.8 Å². The monoisotopic (exact) mass is 477 g/mol. The van der Waals surface area contributed by atoms with E-state index >= 15 is 0 Å². The van der Waals surface area contributed by atoms with Crippen molar-refractivity contribution in [2.75, 3.05) is 0 Å². The van der Waals surface area contributed by atoms with Crippen LogP contribution in [0.25, 0.3) is 6.08 Å². The van der Waals surface area contributed by atoms with Gasteiger partial charge in [0.05, 0.1) is 27.4 Å². The molecule has 0 saturated carbocycles. The Balaban J connectivity index is 1.49. The van der Waals surface area contributed by atoms with Crippen LogP contribution in [0.2, 0.25) is 0 Å². The van der Waals surface area contributed by atoms with Gasteiger partial charge in [-0.25, -0.2) is 0 Å². The van der Waals surface area contributed by atoms with Crippen LogP contribution in [0.4, 0.5) is 16.2 Å². The van der Waals surface area contributed by atoms with Gasteiger partial charge in [-0.3, -0.25) is 34.7 Å². The predicted octanol–water partition coefficient (Wildman–Crippen LogP) is 5.53. The van der Waals surface area contributed by atoms with E-state index in [4.69, 9.17) is 4.74 Å². The number of ether oxygens (including phenoxy) is 1. The predicted molar refractivity (Wildman–Crippen MR) is 124 cm³/mol. The molecule has 2 amide bonds. The van der Waals surface area contributed by atoms with Gasteiger partial charge in [-0.05, 0) is 47.2 Å². The second-order valence-corrected chi connectivity index (χ2v) is 8.08. The molecule has 0 atom stereocenters. The molecule has 1 saturated heterocycles. The highest BCUT2D eigenvalue weighted by Gasteiger charge is 2.34. The number of amides is 2. The molecular formula is C23H15N3O7S. The van der Waals surface area contributed by atoms with E-state index in [0.717, 1.165) is 35.5 Å². The molecule has 170 valence electrons. The van der Waals surface area contributed by atoms with E-state index < -0.39 is 21.2 Å². The molecule has 34 heavy (non-hydrogen) atoms. The molecule has 0 unspecified atom stereocenters. The van der Waals surface area contributed by atoms with Crippen LogP contribution in [-0.2, 0) is 11.3 Å². The maximum absolute atomic E-state index is 12.7. The number of imide groups is 1. The highest BCUT2D eigenvalue weighted by atomic mass is 32.2. The third kappa shape index (κ3) is 4.94. The molecule has 0 N–H and O–H groups in total. The van der Waals surface area contributed by atoms with Gasteiger partial charge >= 0.3 is 5.69 Å². The molecular weight excluding hydrogens is 462 g/mol. The summed E-state index contributed by atoms with van der Waals surface area (Å²) in [6.45, 7) is 0.184. The van der Waals surface area contributed by atoms with Crippen LogP contribution < -0.4 is 4.74 Å². The number of non-ortho nitro benzene ring substituents is 1. The molecule has 10 nitrogen and oxygen atoms in total. The Morgan fingerprint density at radius 1 is 0.912 bits per heavy atom. The lowest BCUT2D eigenvalue weighted by molar-refractivity contribution is -0.394. The fraction of sp³-hybridized carbons (Fsp3) is 0.0435. The van der Waals surface area contributed by atoms with Crippen LogP contribution in [0.5, 0.6) is 11.5 Å². The molecule has 1 fully saturated rings. The van der Waals surface area contributed by atoms with Gasteiger partial charge in [-0.1, -0.05) is 42.5 Å². The Morgan fingerprint density at radius 3 is 2.26 bits per heavy atom. The van der Waals surface area contributed by atoms with Crippen molar-refractivity contribution in [1.82, 2.24) is 4.90 Å². The first kappa shape index (κ1) is 22.7. The minimum atomic E-state index is -0.762. The van der Waals surface area contributed by atoms with Crippen LogP contribution in [0.3, 0.4) is 0 Å². The molecule has 3 aromatic rings. The minimum absolute atomic E-state index is 0.148. The second kappa shape index (κ2) is 9.55. The van der Waals surface area contributed by atoms with Gasteiger partial charge in [0.2, 0.25) is 5.75 Å². The number of rotatable bonds is 7. The van der Waals surface area contributed by atoms with Crippen molar-refractivity contribution in [3.05, 3.63) is 109 Å². The Kier molecular flexibility index (Phi) is 6.37. The fourth-order valence-electron chi connectivity index (χ4n) is 3.16. The number of thioether (sulfide) groups is 1. The Morgan fingerprint density at radius 2 is 1.62 bits per heavy atom. The lowest BCUT2D eigenvalue weighted by Gasteiger charge is -2.12. The summed E-state index contributed by atoms with van der Waals surface area (Å²) < 4.78 is 5.53. The Hall–Kier alpha value is -4.51. The van der Waals surface area contributed by atoms with E-state index in [2.05, 4.69) is 0 Å². The summed E-state index contributed by atoms with van der Waals surface area (Å²) in [4.78, 5) is 47.1. The zero-order valence-corrected chi connectivity index (χ0v) is 18.1. The summed E-state index contributed by atoms with van der Waals surface area (Å²) in [6.07, 6.45) is 1.58. The van der Waals surface area contributed by atoms with Crippen LogP contribution in [0, 0.1) is 20.2 Å². The van der Waals surface area contributed by atoms with Crippen molar-refractivity contribution in [1.29, 1.82) is 0 Å². The lowest BCUT2D eigenvalue weighted by atomic mass is 10.2. The van der Waals surface area contributed by atoms with E-state index in [-0.39, 0.29) is 34.1 Å². The van der Waals surface area contributed by atoms with Crippen LogP contribution in [0.15, 0.2) is 77.7 Å². The quantitative estimate of drug-likeness (QED) is 0.246. The fourth-order valence-corrected chi connectivity index (χ4v) is 4.00. The number of nitro benzene ring substituents is 2. The average Bonchev–Trinajstić information content (AvgIpc) is 3.08. The molecule has 1 aliphatic heterocycles. The first-order chi connectivity index (χ1) is 16.3. The Labute approximate surface area is 196 Å². The van der Waals surface area contributed by atoms with E-state index in [1.165, 1.54) is 17.0 Å². The van der Waals surface area contributed by atoms with Crippen molar-refractivity contribution >= 4 is 40.4 Å². The van der Waals surface area contributed by atoms with Crippen LogP contribution in [-0.4, -0.2) is 25.9 Å². The van der Waals surface area contributed by atoms with Crippen molar-refractivity contribution in [2.45, 2.75) is 6.54 Å². The second-order valence-electron chi connectivity index (χ2n) is 7.09. The van der Waals surface area contributed by atoms with E-state index in [1.807, 2.05) is 30.3 Å². The topological polar surface area (TPSA) is 133 Å². The maximum atomic E-state index is 12.7. The van der Waals surface area contributed by atoms with Crippen molar-refractivity contribution in [3.63, 3.8) is 0 Å². The first-order valence-electron chi connectivity index (χ1n) is 9.82. The molecule has 1 aliphatic rings. The third-order valence-corrected chi connectivity index (χ3v) is 5.72. The number of benzene rings is 3. The number of nitrogens with zero attached hydrogens (tertiary/aromatic N) is 3. The first-order valence-corrected chi connectivity index (χ1v) is 10.6. The summed E-state index contributed by atoms with van der Waals surface area (Å²) >= 11 is 0.849. The summed E-state index contributed by atoms with van der Waals surface area (Å²) in [5, 5.41) is 21.8. The van der Waals surface area contributed by atoms with Gasteiger partial charge in [0.25, 0.3) is 16.8 Å². The SMILES string of the molecule is O=C1S/C(=C/c2ccc(Oc3ccc([N+](=O)[O-])cc3[N+](=O)[O-])cc2)C(=O)N1Cc1ccccc1. The molecule has 1 heterocycles. The number of hydrogen-bond acceptors (Lipinski definition) is 8. The normalized spacial score (nSPS) is 14.5. The minimum Gasteiger partial charge on any atom is -0.450 e. The smallest absolute Gasteiger partial charge is 0.318 e.